The van der Waals surface area contributed by atoms with Gasteiger partial charge in [0.1, 0.15) is 12.1 Å². The second-order valence-corrected chi connectivity index (χ2v) is 9.99. The van der Waals surface area contributed by atoms with Crippen molar-refractivity contribution >= 4 is 23.8 Å². The molecule has 0 saturated carbocycles. The number of nitrogens with one attached hydrogen (secondary N) is 3. The molecule has 4 rings (SSSR count). The molecule has 4 amide bonds. The van der Waals surface area contributed by atoms with Crippen molar-refractivity contribution in [3.8, 4) is 0 Å². The zero-order chi connectivity index (χ0) is 25.7. The molecule has 0 spiro atoms. The summed E-state index contributed by atoms with van der Waals surface area (Å²) in [5, 5.41) is 9.27. The number of amides is 4. The normalized spacial score (nSPS) is 23.8. The third-order valence-corrected chi connectivity index (χ3v) is 7.61. The largest absolute Gasteiger partial charge is 0.437 e. The molecule has 1 aromatic rings. The Balaban J connectivity index is 1.47. The molecule has 2 aliphatic heterocycles. The zero-order valence-electron chi connectivity index (χ0n) is 20.8. The number of hydrogen-bond acceptors (Lipinski definition) is 6. The summed E-state index contributed by atoms with van der Waals surface area (Å²) < 4.78 is 4.80. The number of hydrogen-bond donors (Lipinski definition) is 4. The van der Waals surface area contributed by atoms with Crippen LogP contribution in [0.15, 0.2) is 24.3 Å². The summed E-state index contributed by atoms with van der Waals surface area (Å²) in [5.41, 5.74) is 7.46. The number of primary amides is 1. The van der Waals surface area contributed by atoms with Crippen molar-refractivity contribution in [2.75, 3.05) is 19.6 Å². The molecule has 4 atom stereocenters. The van der Waals surface area contributed by atoms with E-state index in [9.17, 15) is 19.2 Å². The van der Waals surface area contributed by atoms with Crippen molar-refractivity contribution in [1.29, 1.82) is 0 Å². The first kappa shape index (κ1) is 25.9. The van der Waals surface area contributed by atoms with Crippen LogP contribution in [0.3, 0.4) is 0 Å². The predicted octanol–water partition coefficient (Wildman–Crippen LogP) is 1.14. The number of fused-ring (bicyclic) bond motifs is 1. The Labute approximate surface area is 211 Å². The Morgan fingerprint density at radius 1 is 1.08 bits per heavy atom. The lowest BCUT2D eigenvalue weighted by Crippen LogP contribution is -2.58. The molecule has 2 heterocycles. The van der Waals surface area contributed by atoms with Gasteiger partial charge in [-0.05, 0) is 82.0 Å². The number of carbonyl (C=O) groups excluding carboxylic acids is 4. The number of rotatable bonds is 7. The van der Waals surface area contributed by atoms with Crippen LogP contribution in [0.4, 0.5) is 4.79 Å². The minimum Gasteiger partial charge on any atom is -0.437 e. The van der Waals surface area contributed by atoms with Crippen LogP contribution in [0.5, 0.6) is 0 Å². The molecule has 3 aliphatic rings. The highest BCUT2D eigenvalue weighted by Gasteiger charge is 2.41. The van der Waals surface area contributed by atoms with Crippen LogP contribution in [-0.4, -0.2) is 66.5 Å². The van der Waals surface area contributed by atoms with Crippen LogP contribution in [0, 0.1) is 5.92 Å². The summed E-state index contributed by atoms with van der Waals surface area (Å²) in [4.78, 5) is 52.7. The van der Waals surface area contributed by atoms with E-state index in [4.69, 9.17) is 10.5 Å². The highest BCUT2D eigenvalue weighted by Crippen LogP contribution is 2.30. The van der Waals surface area contributed by atoms with E-state index >= 15 is 0 Å². The average Bonchev–Trinajstić information content (AvgIpc) is 3.37. The molecular weight excluding hydrogens is 462 g/mol. The van der Waals surface area contributed by atoms with Crippen LogP contribution in [0.25, 0.3) is 0 Å². The number of piperidine rings is 1. The van der Waals surface area contributed by atoms with Crippen molar-refractivity contribution in [2.24, 2.45) is 11.7 Å². The van der Waals surface area contributed by atoms with E-state index in [-0.39, 0.29) is 23.8 Å². The molecule has 36 heavy (non-hydrogen) atoms. The maximum absolute atomic E-state index is 13.8. The molecule has 2 fully saturated rings. The lowest BCUT2D eigenvalue weighted by Gasteiger charge is -2.35. The van der Waals surface area contributed by atoms with Gasteiger partial charge in [-0.3, -0.25) is 14.4 Å². The van der Waals surface area contributed by atoms with Crippen molar-refractivity contribution in [3.05, 3.63) is 35.4 Å². The molecule has 0 radical (unpaired) electrons. The minimum absolute atomic E-state index is 0.0632. The van der Waals surface area contributed by atoms with Crippen LogP contribution < -0.4 is 21.7 Å². The molecule has 10 heteroatoms. The smallest absolute Gasteiger partial charge is 0.405 e. The van der Waals surface area contributed by atoms with Crippen molar-refractivity contribution in [3.63, 3.8) is 0 Å². The van der Waals surface area contributed by atoms with Crippen LogP contribution >= 0.6 is 0 Å². The summed E-state index contributed by atoms with van der Waals surface area (Å²) in [7, 11) is 0. The Bertz CT molecular complexity index is 979. The quantitative estimate of drug-likeness (QED) is 0.443. The summed E-state index contributed by atoms with van der Waals surface area (Å²) in [5.74, 6) is -1.07. The third kappa shape index (κ3) is 5.98. The van der Waals surface area contributed by atoms with Gasteiger partial charge in [0, 0.05) is 6.54 Å². The van der Waals surface area contributed by atoms with Gasteiger partial charge in [0.15, 0.2) is 6.10 Å². The van der Waals surface area contributed by atoms with E-state index in [1.165, 1.54) is 12.5 Å². The van der Waals surface area contributed by atoms with Crippen LogP contribution in [-0.2, 0) is 25.5 Å². The summed E-state index contributed by atoms with van der Waals surface area (Å²) in [6, 6.07) is 6.74. The number of ether oxygens (including phenoxy) is 1. The molecule has 196 valence electrons. The second-order valence-electron chi connectivity index (χ2n) is 9.99. The number of carbonyl (C=O) groups is 4. The molecule has 0 bridgehead atoms. The third-order valence-electron chi connectivity index (χ3n) is 7.61. The average molecular weight is 500 g/mol. The summed E-state index contributed by atoms with van der Waals surface area (Å²) in [6.07, 6.45) is 3.44. The van der Waals surface area contributed by atoms with E-state index < -0.39 is 30.2 Å². The Morgan fingerprint density at radius 2 is 1.83 bits per heavy atom. The standard InChI is InChI=1S/C26H37N5O5/c1-16(36-26(27)35)23(32)30-22(18-11-13-28-14-12-18)25(34)31-15-5-10-21(31)24(33)29-20-9-4-7-17-6-2-3-8-19(17)20/h2-3,6,8,16,18,20-22,28H,4-5,7,9-15H2,1H3,(H2,27,35)(H,29,33)(H,30,32)/t16-,20+,21-,22-/m0/s1. The van der Waals surface area contributed by atoms with E-state index in [1.807, 2.05) is 12.1 Å². The second kappa shape index (κ2) is 11.7. The van der Waals surface area contributed by atoms with Gasteiger partial charge in [-0.25, -0.2) is 4.79 Å². The van der Waals surface area contributed by atoms with Crippen LogP contribution in [0.1, 0.15) is 62.6 Å². The molecule has 0 aromatic heterocycles. The van der Waals surface area contributed by atoms with Crippen LogP contribution in [0.2, 0.25) is 0 Å². The van der Waals surface area contributed by atoms with E-state index in [0.29, 0.717) is 25.8 Å². The molecule has 2 saturated heterocycles. The van der Waals surface area contributed by atoms with Gasteiger partial charge in [0.05, 0.1) is 6.04 Å². The maximum Gasteiger partial charge on any atom is 0.405 e. The van der Waals surface area contributed by atoms with Gasteiger partial charge in [0.2, 0.25) is 11.8 Å². The molecule has 0 unspecified atom stereocenters. The molecular formula is C26H37N5O5. The SMILES string of the molecule is C[C@H](OC(N)=O)C(=O)N[C@H](C(=O)N1CCC[C@H]1C(=O)N[C@@H]1CCCc2ccccc21)C1CCNCC1. The van der Waals surface area contributed by atoms with Gasteiger partial charge >= 0.3 is 6.09 Å². The number of nitrogens with zero attached hydrogens (tertiary/aromatic N) is 1. The topological polar surface area (TPSA) is 143 Å². The number of aryl methyl sites for hydroxylation is 1. The van der Waals surface area contributed by atoms with Gasteiger partial charge in [-0.15, -0.1) is 0 Å². The Morgan fingerprint density at radius 3 is 2.58 bits per heavy atom. The molecule has 10 nitrogen and oxygen atoms in total. The van der Waals surface area contributed by atoms with Gasteiger partial charge in [-0.2, -0.15) is 0 Å². The molecule has 1 aliphatic carbocycles. The first-order valence-corrected chi connectivity index (χ1v) is 13.0. The first-order chi connectivity index (χ1) is 17.3. The van der Waals surface area contributed by atoms with Crippen molar-refractivity contribution in [1.82, 2.24) is 20.9 Å². The van der Waals surface area contributed by atoms with Gasteiger partial charge in [-0.1, -0.05) is 24.3 Å². The van der Waals surface area contributed by atoms with Gasteiger partial charge < -0.3 is 31.3 Å². The molecule has 1 aromatic carbocycles. The fourth-order valence-corrected chi connectivity index (χ4v) is 5.71. The van der Waals surface area contributed by atoms with Crippen molar-refractivity contribution < 1.29 is 23.9 Å². The lowest BCUT2D eigenvalue weighted by atomic mass is 9.87. The zero-order valence-corrected chi connectivity index (χ0v) is 20.8. The number of benzene rings is 1. The van der Waals surface area contributed by atoms with Crippen molar-refractivity contribution in [2.45, 2.75) is 76.1 Å². The predicted molar refractivity (Wildman–Crippen MR) is 133 cm³/mol. The number of nitrogens with two attached hydrogens (primary N) is 1. The summed E-state index contributed by atoms with van der Waals surface area (Å²) >= 11 is 0. The monoisotopic (exact) mass is 499 g/mol. The fraction of sp³-hybridized carbons (Fsp3) is 0.615. The highest BCUT2D eigenvalue weighted by molar-refractivity contribution is 5.94. The fourth-order valence-electron chi connectivity index (χ4n) is 5.71. The van der Waals surface area contributed by atoms with E-state index in [1.54, 1.807) is 4.90 Å². The highest BCUT2D eigenvalue weighted by atomic mass is 16.6. The number of likely N-dealkylation sites (tertiary alicyclic amines) is 1. The summed E-state index contributed by atoms with van der Waals surface area (Å²) in [6.45, 7) is 3.35. The Kier molecular flexibility index (Phi) is 8.45. The maximum atomic E-state index is 13.8. The lowest BCUT2D eigenvalue weighted by molar-refractivity contribution is -0.144. The van der Waals surface area contributed by atoms with E-state index in [0.717, 1.165) is 44.3 Å². The van der Waals surface area contributed by atoms with E-state index in [2.05, 4.69) is 28.1 Å². The Hall–Kier alpha value is -3.14. The van der Waals surface area contributed by atoms with Gasteiger partial charge in [0.25, 0.3) is 5.91 Å². The minimum atomic E-state index is -1.12. The first-order valence-electron chi connectivity index (χ1n) is 13.0. The molecule has 5 N–H and O–H groups in total.